The number of rotatable bonds is 5. The van der Waals surface area contributed by atoms with Gasteiger partial charge in [0, 0.05) is 6.54 Å². The van der Waals surface area contributed by atoms with Crippen molar-refractivity contribution in [1.82, 2.24) is 10.3 Å². The first-order valence-corrected chi connectivity index (χ1v) is 6.29. The summed E-state index contributed by atoms with van der Waals surface area (Å²) < 4.78 is 5.48. The van der Waals surface area contributed by atoms with Gasteiger partial charge in [0.25, 0.3) is 0 Å². The lowest BCUT2D eigenvalue weighted by molar-refractivity contribution is 0.447. The second kappa shape index (κ2) is 6.17. The van der Waals surface area contributed by atoms with Crippen molar-refractivity contribution in [1.29, 1.82) is 5.26 Å². The molecule has 0 bridgehead atoms. The zero-order chi connectivity index (χ0) is 13.7. The van der Waals surface area contributed by atoms with E-state index >= 15 is 0 Å². The maximum absolute atomic E-state index is 9.20. The van der Waals surface area contributed by atoms with E-state index in [4.69, 9.17) is 4.42 Å². The van der Waals surface area contributed by atoms with Crippen molar-refractivity contribution in [2.45, 2.75) is 26.3 Å². The van der Waals surface area contributed by atoms with Gasteiger partial charge in [0.15, 0.2) is 0 Å². The normalized spacial score (nSPS) is 12.1. The summed E-state index contributed by atoms with van der Waals surface area (Å²) in [5.74, 6) is 1.36. The van der Waals surface area contributed by atoms with Crippen LogP contribution in [0.25, 0.3) is 0 Å². The van der Waals surface area contributed by atoms with E-state index in [-0.39, 0.29) is 5.92 Å². The molecule has 19 heavy (non-hydrogen) atoms. The Bertz CT molecular complexity index is 549. The first-order valence-electron chi connectivity index (χ1n) is 6.29. The SMILES string of the molecule is Cc1nc(CNCC(C#N)c2ccccc2)oc1C. The highest BCUT2D eigenvalue weighted by molar-refractivity contribution is 5.25. The van der Waals surface area contributed by atoms with Crippen LogP contribution in [0.15, 0.2) is 34.7 Å². The maximum atomic E-state index is 9.20. The highest BCUT2D eigenvalue weighted by Crippen LogP contribution is 2.13. The van der Waals surface area contributed by atoms with Crippen LogP contribution in [0.3, 0.4) is 0 Å². The molecule has 0 amide bonds. The minimum absolute atomic E-state index is 0.154. The molecular formula is C15H17N3O. The van der Waals surface area contributed by atoms with E-state index in [1.807, 2.05) is 44.2 Å². The Morgan fingerprint density at radius 2 is 2.05 bits per heavy atom. The Morgan fingerprint density at radius 3 is 2.63 bits per heavy atom. The monoisotopic (exact) mass is 255 g/mol. The Labute approximate surface area is 113 Å². The van der Waals surface area contributed by atoms with E-state index in [1.165, 1.54) is 0 Å². The van der Waals surface area contributed by atoms with Crippen LogP contribution in [-0.2, 0) is 6.54 Å². The Hall–Kier alpha value is -2.12. The lowest BCUT2D eigenvalue weighted by Gasteiger charge is -2.09. The molecule has 1 aromatic heterocycles. The number of hydrogen-bond donors (Lipinski definition) is 1. The highest BCUT2D eigenvalue weighted by Gasteiger charge is 2.10. The molecule has 0 saturated heterocycles. The van der Waals surface area contributed by atoms with E-state index in [2.05, 4.69) is 16.4 Å². The third-order valence-corrected chi connectivity index (χ3v) is 3.06. The van der Waals surface area contributed by atoms with Gasteiger partial charge in [-0.2, -0.15) is 5.26 Å². The predicted molar refractivity (Wildman–Crippen MR) is 72.5 cm³/mol. The van der Waals surface area contributed by atoms with Crippen LogP contribution in [0, 0.1) is 25.2 Å². The molecule has 1 heterocycles. The van der Waals surface area contributed by atoms with Gasteiger partial charge in [-0.3, -0.25) is 0 Å². The third kappa shape index (κ3) is 3.43. The minimum atomic E-state index is -0.154. The summed E-state index contributed by atoms with van der Waals surface area (Å²) in [6, 6.07) is 12.1. The smallest absolute Gasteiger partial charge is 0.208 e. The lowest BCUT2D eigenvalue weighted by atomic mass is 10.0. The average Bonchev–Trinajstić information content (AvgIpc) is 2.75. The largest absolute Gasteiger partial charge is 0.444 e. The zero-order valence-corrected chi connectivity index (χ0v) is 11.2. The lowest BCUT2D eigenvalue weighted by Crippen LogP contribution is -2.20. The van der Waals surface area contributed by atoms with Crippen molar-refractivity contribution in [3.8, 4) is 6.07 Å². The average molecular weight is 255 g/mol. The Balaban J connectivity index is 1.89. The molecule has 0 spiro atoms. The zero-order valence-electron chi connectivity index (χ0n) is 11.2. The molecule has 2 aromatic rings. The predicted octanol–water partition coefficient (Wildman–Crippen LogP) is 2.69. The van der Waals surface area contributed by atoms with Crippen molar-refractivity contribution in [3.63, 3.8) is 0 Å². The van der Waals surface area contributed by atoms with E-state index in [0.717, 1.165) is 17.0 Å². The summed E-state index contributed by atoms with van der Waals surface area (Å²) in [6.07, 6.45) is 0. The van der Waals surface area contributed by atoms with Crippen LogP contribution in [0.5, 0.6) is 0 Å². The molecular weight excluding hydrogens is 238 g/mol. The molecule has 0 radical (unpaired) electrons. The van der Waals surface area contributed by atoms with Gasteiger partial charge in [-0.15, -0.1) is 0 Å². The Morgan fingerprint density at radius 1 is 1.32 bits per heavy atom. The number of oxazole rings is 1. The molecule has 1 unspecified atom stereocenters. The molecule has 4 nitrogen and oxygen atoms in total. The number of nitriles is 1. The quantitative estimate of drug-likeness (QED) is 0.892. The fourth-order valence-corrected chi connectivity index (χ4v) is 1.86. The van der Waals surface area contributed by atoms with Gasteiger partial charge in [0.05, 0.1) is 24.2 Å². The van der Waals surface area contributed by atoms with Gasteiger partial charge in [0.1, 0.15) is 5.76 Å². The molecule has 0 saturated carbocycles. The van der Waals surface area contributed by atoms with Gasteiger partial charge in [-0.25, -0.2) is 4.98 Å². The second-order valence-electron chi connectivity index (χ2n) is 4.47. The topological polar surface area (TPSA) is 61.9 Å². The number of aromatic nitrogens is 1. The van der Waals surface area contributed by atoms with Gasteiger partial charge in [-0.1, -0.05) is 30.3 Å². The highest BCUT2D eigenvalue weighted by atomic mass is 16.4. The minimum Gasteiger partial charge on any atom is -0.444 e. The van der Waals surface area contributed by atoms with Crippen molar-refractivity contribution in [2.24, 2.45) is 0 Å². The van der Waals surface area contributed by atoms with Crippen LogP contribution >= 0.6 is 0 Å². The van der Waals surface area contributed by atoms with E-state index < -0.39 is 0 Å². The standard InChI is InChI=1S/C15H17N3O/c1-11-12(2)19-15(18-11)10-17-9-14(8-16)13-6-4-3-5-7-13/h3-7,14,17H,9-10H2,1-2H3. The molecule has 2 rings (SSSR count). The van der Waals surface area contributed by atoms with Crippen molar-refractivity contribution in [3.05, 3.63) is 53.2 Å². The van der Waals surface area contributed by atoms with Crippen molar-refractivity contribution in [2.75, 3.05) is 6.54 Å². The number of nitrogens with zero attached hydrogens (tertiary/aromatic N) is 2. The van der Waals surface area contributed by atoms with Crippen LogP contribution in [0.1, 0.15) is 28.8 Å². The number of nitrogens with one attached hydrogen (secondary N) is 1. The van der Waals surface area contributed by atoms with Crippen molar-refractivity contribution < 1.29 is 4.42 Å². The summed E-state index contributed by atoms with van der Waals surface area (Å²) in [7, 11) is 0. The molecule has 0 aliphatic carbocycles. The number of benzene rings is 1. The summed E-state index contributed by atoms with van der Waals surface area (Å²) in [6.45, 7) is 4.94. The number of hydrogen-bond acceptors (Lipinski definition) is 4. The summed E-state index contributed by atoms with van der Waals surface area (Å²) in [5.41, 5.74) is 1.94. The molecule has 0 fully saturated rings. The fourth-order valence-electron chi connectivity index (χ4n) is 1.86. The molecule has 0 aliphatic rings. The summed E-state index contributed by atoms with van der Waals surface area (Å²) >= 11 is 0. The van der Waals surface area contributed by atoms with Gasteiger partial charge in [-0.05, 0) is 19.4 Å². The summed E-state index contributed by atoms with van der Waals surface area (Å²) in [5, 5.41) is 12.4. The molecule has 0 aliphatic heterocycles. The van der Waals surface area contributed by atoms with E-state index in [9.17, 15) is 5.26 Å². The third-order valence-electron chi connectivity index (χ3n) is 3.06. The van der Waals surface area contributed by atoms with E-state index in [0.29, 0.717) is 19.0 Å². The molecule has 1 atom stereocenters. The van der Waals surface area contributed by atoms with E-state index in [1.54, 1.807) is 0 Å². The van der Waals surface area contributed by atoms with Crippen LogP contribution < -0.4 is 5.32 Å². The van der Waals surface area contributed by atoms with Gasteiger partial charge >= 0.3 is 0 Å². The molecule has 1 N–H and O–H groups in total. The maximum Gasteiger partial charge on any atom is 0.208 e. The molecule has 1 aromatic carbocycles. The van der Waals surface area contributed by atoms with Gasteiger partial charge < -0.3 is 9.73 Å². The summed E-state index contributed by atoms with van der Waals surface area (Å²) in [4.78, 5) is 4.29. The fraction of sp³-hybridized carbons (Fsp3) is 0.333. The second-order valence-corrected chi connectivity index (χ2v) is 4.47. The van der Waals surface area contributed by atoms with Crippen LogP contribution in [0.4, 0.5) is 0 Å². The van der Waals surface area contributed by atoms with Crippen LogP contribution in [0.2, 0.25) is 0 Å². The van der Waals surface area contributed by atoms with Crippen molar-refractivity contribution >= 4 is 0 Å². The van der Waals surface area contributed by atoms with Crippen LogP contribution in [-0.4, -0.2) is 11.5 Å². The first-order chi connectivity index (χ1) is 9.20. The molecule has 98 valence electrons. The Kier molecular flexibility index (Phi) is 4.32. The first kappa shape index (κ1) is 13.3. The van der Waals surface area contributed by atoms with Gasteiger partial charge in [0.2, 0.25) is 5.89 Å². The number of aryl methyl sites for hydroxylation is 2. The molecule has 4 heteroatoms.